The molecule has 2 aromatic carbocycles. The van der Waals surface area contributed by atoms with Crippen molar-refractivity contribution >= 4 is 11.6 Å². The normalized spacial score (nSPS) is 16.0. The molecule has 1 unspecified atom stereocenters. The van der Waals surface area contributed by atoms with Gasteiger partial charge in [0.1, 0.15) is 11.5 Å². The number of aromatic nitrogens is 2. The lowest BCUT2D eigenvalue weighted by molar-refractivity contribution is 0.0969. The first-order chi connectivity index (χ1) is 13.9. The first-order valence-corrected chi connectivity index (χ1v) is 9.36. The summed E-state index contributed by atoms with van der Waals surface area (Å²) in [6.07, 6.45) is 0.857. The van der Waals surface area contributed by atoms with Crippen molar-refractivity contribution in [3.05, 3.63) is 88.1 Å². The second-order valence-corrected chi connectivity index (χ2v) is 7.31. The second kappa shape index (κ2) is 7.60. The molecule has 0 radical (unpaired) electrons. The maximum absolute atomic E-state index is 13.3. The topological polar surface area (TPSA) is 58.4 Å². The van der Waals surface area contributed by atoms with E-state index < -0.39 is 11.4 Å². The van der Waals surface area contributed by atoms with Gasteiger partial charge in [0, 0.05) is 24.3 Å². The van der Waals surface area contributed by atoms with Crippen LogP contribution in [0, 0.1) is 5.82 Å². The van der Waals surface area contributed by atoms with E-state index >= 15 is 0 Å². The molecule has 0 fully saturated rings. The fourth-order valence-electron chi connectivity index (χ4n) is 3.54. The third-order valence-corrected chi connectivity index (χ3v) is 5.20. The summed E-state index contributed by atoms with van der Waals surface area (Å²) >= 11 is 0. The van der Waals surface area contributed by atoms with Gasteiger partial charge in [-0.15, -0.1) is 0 Å². The maximum Gasteiger partial charge on any atom is 0.278 e. The van der Waals surface area contributed by atoms with Gasteiger partial charge in [-0.25, -0.2) is 4.39 Å². The predicted octanol–water partition coefficient (Wildman–Crippen LogP) is 2.50. The standard InChI is InChI=1S/C22H21FN4O2/c1-25(2)18-13-15-5-3-4-6-20(15)26(14-18)22(29)19-11-12-21(28)27(24-19)17-9-7-16(23)8-10-17/h3-12,18H,13-14H2,1-2H3. The molecule has 6 nitrogen and oxygen atoms in total. The summed E-state index contributed by atoms with van der Waals surface area (Å²) in [5.41, 5.74) is 2.12. The molecule has 29 heavy (non-hydrogen) atoms. The van der Waals surface area contributed by atoms with Crippen molar-refractivity contribution in [3.63, 3.8) is 0 Å². The lowest BCUT2D eigenvalue weighted by Crippen LogP contribution is -2.48. The number of amides is 1. The Bertz CT molecular complexity index is 1110. The number of carbonyl (C=O) groups is 1. The van der Waals surface area contributed by atoms with Crippen molar-refractivity contribution in [1.29, 1.82) is 0 Å². The van der Waals surface area contributed by atoms with Gasteiger partial charge in [0.2, 0.25) is 0 Å². The number of para-hydroxylation sites is 1. The number of benzene rings is 2. The minimum absolute atomic E-state index is 0.156. The van der Waals surface area contributed by atoms with Gasteiger partial charge < -0.3 is 9.80 Å². The summed E-state index contributed by atoms with van der Waals surface area (Å²) in [5.74, 6) is -0.687. The number of carbonyl (C=O) groups excluding carboxylic acids is 1. The fraction of sp³-hybridized carbons (Fsp3) is 0.227. The average Bonchev–Trinajstić information content (AvgIpc) is 2.73. The summed E-state index contributed by atoms with van der Waals surface area (Å²) in [6, 6.07) is 16.2. The van der Waals surface area contributed by atoms with Gasteiger partial charge in [-0.3, -0.25) is 9.59 Å². The monoisotopic (exact) mass is 392 g/mol. The van der Waals surface area contributed by atoms with E-state index in [9.17, 15) is 14.0 Å². The highest BCUT2D eigenvalue weighted by molar-refractivity contribution is 6.05. The molecule has 0 bridgehead atoms. The largest absolute Gasteiger partial charge is 0.305 e. The Morgan fingerprint density at radius 3 is 2.52 bits per heavy atom. The van der Waals surface area contributed by atoms with Gasteiger partial charge >= 0.3 is 0 Å². The van der Waals surface area contributed by atoms with Crippen molar-refractivity contribution < 1.29 is 9.18 Å². The van der Waals surface area contributed by atoms with Crippen molar-refractivity contribution in [1.82, 2.24) is 14.7 Å². The molecule has 1 aliphatic heterocycles. The number of halogens is 1. The molecular weight excluding hydrogens is 371 g/mol. The van der Waals surface area contributed by atoms with Crippen LogP contribution in [-0.4, -0.2) is 47.3 Å². The van der Waals surface area contributed by atoms with E-state index in [2.05, 4.69) is 10.00 Å². The number of hydrogen-bond acceptors (Lipinski definition) is 4. The SMILES string of the molecule is CN(C)C1Cc2ccccc2N(C(=O)c2ccc(=O)n(-c3ccc(F)cc3)n2)C1. The lowest BCUT2D eigenvalue weighted by Gasteiger charge is -2.37. The molecule has 0 saturated carbocycles. The van der Waals surface area contributed by atoms with Gasteiger partial charge in [0.05, 0.1) is 5.69 Å². The van der Waals surface area contributed by atoms with Crippen LogP contribution in [0.4, 0.5) is 10.1 Å². The molecule has 0 N–H and O–H groups in total. The quantitative estimate of drug-likeness (QED) is 0.687. The molecule has 0 saturated heterocycles. The first-order valence-electron chi connectivity index (χ1n) is 9.36. The van der Waals surface area contributed by atoms with Crippen LogP contribution in [-0.2, 0) is 6.42 Å². The van der Waals surface area contributed by atoms with Crippen LogP contribution in [0.5, 0.6) is 0 Å². The summed E-state index contributed by atoms with van der Waals surface area (Å²) < 4.78 is 14.3. The fourth-order valence-corrected chi connectivity index (χ4v) is 3.54. The number of rotatable bonds is 3. The van der Waals surface area contributed by atoms with Crippen molar-refractivity contribution in [2.24, 2.45) is 0 Å². The van der Waals surface area contributed by atoms with E-state index in [1.165, 1.54) is 36.4 Å². The van der Waals surface area contributed by atoms with E-state index in [0.29, 0.717) is 12.2 Å². The molecule has 1 aromatic heterocycles. The van der Waals surface area contributed by atoms with E-state index in [0.717, 1.165) is 22.4 Å². The van der Waals surface area contributed by atoms with Crippen LogP contribution in [0.2, 0.25) is 0 Å². The lowest BCUT2D eigenvalue weighted by atomic mass is 9.97. The number of nitrogens with zero attached hydrogens (tertiary/aromatic N) is 4. The minimum Gasteiger partial charge on any atom is -0.305 e. The van der Waals surface area contributed by atoms with Crippen molar-refractivity contribution in [2.45, 2.75) is 12.5 Å². The Morgan fingerprint density at radius 2 is 1.79 bits per heavy atom. The molecule has 1 atom stereocenters. The van der Waals surface area contributed by atoms with E-state index in [1.807, 2.05) is 38.4 Å². The van der Waals surface area contributed by atoms with Gasteiger partial charge in [-0.05, 0) is 62.5 Å². The molecular formula is C22H21FN4O2. The van der Waals surface area contributed by atoms with Crippen LogP contribution < -0.4 is 10.5 Å². The van der Waals surface area contributed by atoms with Gasteiger partial charge in [-0.1, -0.05) is 18.2 Å². The first kappa shape index (κ1) is 19.0. The van der Waals surface area contributed by atoms with Gasteiger partial charge in [-0.2, -0.15) is 9.78 Å². The van der Waals surface area contributed by atoms with Crippen LogP contribution in [0.3, 0.4) is 0 Å². The summed E-state index contributed by atoms with van der Waals surface area (Å²) in [5, 5.41) is 4.27. The van der Waals surface area contributed by atoms with Crippen LogP contribution in [0.25, 0.3) is 5.69 Å². The predicted molar refractivity (Wildman–Crippen MR) is 109 cm³/mol. The van der Waals surface area contributed by atoms with E-state index in [1.54, 1.807) is 4.90 Å². The van der Waals surface area contributed by atoms with Crippen molar-refractivity contribution in [2.75, 3.05) is 25.5 Å². The summed E-state index contributed by atoms with van der Waals surface area (Å²) in [4.78, 5) is 29.4. The zero-order chi connectivity index (χ0) is 20.5. The Morgan fingerprint density at radius 1 is 1.07 bits per heavy atom. The molecule has 0 spiro atoms. The molecule has 4 rings (SSSR count). The molecule has 1 amide bonds. The summed E-state index contributed by atoms with van der Waals surface area (Å²) in [7, 11) is 3.99. The third kappa shape index (κ3) is 3.69. The Balaban J connectivity index is 1.74. The molecule has 2 heterocycles. The third-order valence-electron chi connectivity index (χ3n) is 5.20. The average molecular weight is 392 g/mol. The number of likely N-dealkylation sites (N-methyl/N-ethyl adjacent to an activating group) is 1. The Hall–Kier alpha value is -3.32. The zero-order valence-corrected chi connectivity index (χ0v) is 16.2. The highest BCUT2D eigenvalue weighted by atomic mass is 19.1. The molecule has 1 aliphatic rings. The molecule has 148 valence electrons. The zero-order valence-electron chi connectivity index (χ0n) is 16.2. The van der Waals surface area contributed by atoms with Gasteiger partial charge in [0.25, 0.3) is 11.5 Å². The number of fused-ring (bicyclic) bond motifs is 1. The maximum atomic E-state index is 13.3. The highest BCUT2D eigenvalue weighted by Gasteiger charge is 2.30. The molecule has 3 aromatic rings. The smallest absolute Gasteiger partial charge is 0.278 e. The summed E-state index contributed by atoms with van der Waals surface area (Å²) in [6.45, 7) is 0.528. The minimum atomic E-state index is -0.409. The van der Waals surface area contributed by atoms with Crippen LogP contribution in [0.1, 0.15) is 16.1 Å². The van der Waals surface area contributed by atoms with Gasteiger partial charge in [0.15, 0.2) is 0 Å². The number of hydrogen-bond donors (Lipinski definition) is 0. The van der Waals surface area contributed by atoms with E-state index in [4.69, 9.17) is 0 Å². The van der Waals surface area contributed by atoms with Crippen molar-refractivity contribution in [3.8, 4) is 5.69 Å². The van der Waals surface area contributed by atoms with Crippen LogP contribution in [0.15, 0.2) is 65.5 Å². The highest BCUT2D eigenvalue weighted by Crippen LogP contribution is 2.29. The Kier molecular flexibility index (Phi) is 4.98. The Labute approximate surface area is 167 Å². The molecule has 7 heteroatoms. The van der Waals surface area contributed by atoms with E-state index in [-0.39, 0.29) is 17.6 Å². The second-order valence-electron chi connectivity index (χ2n) is 7.31. The number of anilines is 1. The van der Waals surface area contributed by atoms with Crippen LogP contribution >= 0.6 is 0 Å². The molecule has 0 aliphatic carbocycles.